The number of methoxy groups -OCH3 is 1. The molecule has 0 saturated carbocycles. The highest BCUT2D eigenvalue weighted by molar-refractivity contribution is 5.93. The molecule has 4 heteroatoms. The summed E-state index contributed by atoms with van der Waals surface area (Å²) < 4.78 is 10.1. The third kappa shape index (κ3) is 4.24. The molecule has 0 unspecified atom stereocenters. The van der Waals surface area contributed by atoms with Crippen LogP contribution in [0.25, 0.3) is 6.08 Å². The largest absolute Gasteiger partial charge is 0.466 e. The molecule has 110 valence electrons. The van der Waals surface area contributed by atoms with E-state index in [1.165, 1.54) is 7.11 Å². The Hall–Kier alpha value is -2.49. The maximum absolute atomic E-state index is 11.8. The molecule has 0 fully saturated rings. The lowest BCUT2D eigenvalue weighted by Gasteiger charge is -2.19. The summed E-state index contributed by atoms with van der Waals surface area (Å²) in [5.74, 6) is 0.325. The van der Waals surface area contributed by atoms with Gasteiger partial charge in [-0.2, -0.15) is 0 Å². The lowest BCUT2D eigenvalue weighted by molar-refractivity contribution is -0.136. The first-order valence-corrected chi connectivity index (χ1v) is 6.79. The number of nitrogens with zero attached hydrogens (tertiary/aromatic N) is 1. The van der Waals surface area contributed by atoms with Crippen LogP contribution < -0.4 is 4.90 Å². The van der Waals surface area contributed by atoms with E-state index in [0.29, 0.717) is 24.3 Å². The van der Waals surface area contributed by atoms with Crippen LogP contribution in [0.4, 0.5) is 5.69 Å². The van der Waals surface area contributed by atoms with Crippen molar-refractivity contribution < 1.29 is 13.9 Å². The van der Waals surface area contributed by atoms with Crippen LogP contribution in [0.15, 0.2) is 58.7 Å². The van der Waals surface area contributed by atoms with Gasteiger partial charge in [0.15, 0.2) is 0 Å². The smallest absolute Gasteiger partial charge is 0.333 e. The molecule has 21 heavy (non-hydrogen) atoms. The molecule has 0 aliphatic carbocycles. The van der Waals surface area contributed by atoms with Gasteiger partial charge in [0.25, 0.3) is 0 Å². The van der Waals surface area contributed by atoms with E-state index in [-0.39, 0.29) is 5.97 Å². The number of rotatable bonds is 6. The van der Waals surface area contributed by atoms with Crippen molar-refractivity contribution >= 4 is 17.7 Å². The van der Waals surface area contributed by atoms with Gasteiger partial charge in [0, 0.05) is 24.9 Å². The summed E-state index contributed by atoms with van der Waals surface area (Å²) in [6.45, 7) is 0.714. The highest BCUT2D eigenvalue weighted by Crippen LogP contribution is 2.16. The lowest BCUT2D eigenvalue weighted by atomic mass is 10.1. The van der Waals surface area contributed by atoms with Crippen molar-refractivity contribution in [1.82, 2.24) is 0 Å². The molecule has 2 aromatic rings. The van der Waals surface area contributed by atoms with Crippen molar-refractivity contribution in [3.63, 3.8) is 0 Å². The van der Waals surface area contributed by atoms with Gasteiger partial charge in [-0.05, 0) is 36.8 Å². The zero-order valence-electron chi connectivity index (χ0n) is 12.3. The maximum atomic E-state index is 11.8. The molecule has 0 aliphatic rings. The molecule has 0 N–H and O–H groups in total. The second kappa shape index (κ2) is 7.33. The summed E-state index contributed by atoms with van der Waals surface area (Å²) in [6, 6.07) is 13.6. The summed E-state index contributed by atoms with van der Waals surface area (Å²) in [4.78, 5) is 13.9. The minimum absolute atomic E-state index is 0.326. The summed E-state index contributed by atoms with van der Waals surface area (Å²) in [5.41, 5.74) is 1.70. The Morgan fingerprint density at radius 3 is 2.62 bits per heavy atom. The van der Waals surface area contributed by atoms with Crippen LogP contribution in [0.2, 0.25) is 0 Å². The van der Waals surface area contributed by atoms with Crippen molar-refractivity contribution in [3.8, 4) is 0 Å². The van der Waals surface area contributed by atoms with Crippen molar-refractivity contribution in [2.75, 3.05) is 25.6 Å². The molecule has 4 nitrogen and oxygen atoms in total. The second-order valence-corrected chi connectivity index (χ2v) is 4.68. The van der Waals surface area contributed by atoms with Gasteiger partial charge in [0.1, 0.15) is 5.76 Å². The van der Waals surface area contributed by atoms with Gasteiger partial charge in [-0.1, -0.05) is 18.2 Å². The Kier molecular flexibility index (Phi) is 5.21. The van der Waals surface area contributed by atoms with E-state index in [0.717, 1.165) is 5.69 Å². The Labute approximate surface area is 124 Å². The SMILES string of the molecule is COC(=O)C(=Cc1ccco1)CCN(C)c1ccccc1. The number of furan rings is 1. The fourth-order valence-electron chi connectivity index (χ4n) is 2.01. The predicted molar refractivity (Wildman–Crippen MR) is 83.0 cm³/mol. The number of ether oxygens (including phenoxy) is 1. The minimum Gasteiger partial charge on any atom is -0.466 e. The van der Waals surface area contributed by atoms with Crippen LogP contribution in [-0.4, -0.2) is 26.7 Å². The Morgan fingerprint density at radius 2 is 2.00 bits per heavy atom. The first-order chi connectivity index (χ1) is 10.2. The number of carbonyl (C=O) groups excluding carboxylic acids is 1. The van der Waals surface area contributed by atoms with Crippen LogP contribution in [-0.2, 0) is 9.53 Å². The molecule has 1 heterocycles. The minimum atomic E-state index is -0.326. The van der Waals surface area contributed by atoms with E-state index in [2.05, 4.69) is 4.90 Å². The Bertz CT molecular complexity index is 588. The summed E-state index contributed by atoms with van der Waals surface area (Å²) in [5, 5.41) is 0. The van der Waals surface area contributed by atoms with Crippen LogP contribution in [0.1, 0.15) is 12.2 Å². The van der Waals surface area contributed by atoms with Crippen LogP contribution in [0, 0.1) is 0 Å². The number of esters is 1. The molecule has 1 aromatic carbocycles. The van der Waals surface area contributed by atoms with Gasteiger partial charge in [0.05, 0.1) is 13.4 Å². The van der Waals surface area contributed by atoms with Crippen molar-refractivity contribution in [3.05, 3.63) is 60.1 Å². The molecular weight excluding hydrogens is 266 g/mol. The van der Waals surface area contributed by atoms with Gasteiger partial charge >= 0.3 is 5.97 Å². The van der Waals surface area contributed by atoms with Gasteiger partial charge < -0.3 is 14.1 Å². The molecule has 0 bridgehead atoms. The summed E-state index contributed by atoms with van der Waals surface area (Å²) in [7, 11) is 3.39. The average molecular weight is 285 g/mol. The number of carbonyl (C=O) groups is 1. The quantitative estimate of drug-likeness (QED) is 0.603. The number of anilines is 1. The lowest BCUT2D eigenvalue weighted by Crippen LogP contribution is -2.20. The van der Waals surface area contributed by atoms with Crippen molar-refractivity contribution in [2.24, 2.45) is 0 Å². The number of hydrogen-bond acceptors (Lipinski definition) is 4. The normalized spacial score (nSPS) is 11.2. The predicted octanol–water partition coefficient (Wildman–Crippen LogP) is 3.36. The number of benzene rings is 1. The molecule has 0 spiro atoms. The Morgan fingerprint density at radius 1 is 1.24 bits per heavy atom. The molecule has 0 saturated heterocycles. The van der Waals surface area contributed by atoms with Gasteiger partial charge in [-0.25, -0.2) is 4.79 Å². The maximum Gasteiger partial charge on any atom is 0.333 e. The summed E-state index contributed by atoms with van der Waals surface area (Å²) >= 11 is 0. The number of para-hydroxylation sites is 1. The number of hydrogen-bond donors (Lipinski definition) is 0. The van der Waals surface area contributed by atoms with Crippen LogP contribution in [0.3, 0.4) is 0 Å². The highest BCUT2D eigenvalue weighted by atomic mass is 16.5. The van der Waals surface area contributed by atoms with E-state index in [1.807, 2.05) is 43.4 Å². The molecule has 0 atom stereocenters. The average Bonchev–Trinajstić information content (AvgIpc) is 3.04. The molecule has 0 radical (unpaired) electrons. The molecule has 0 aliphatic heterocycles. The van der Waals surface area contributed by atoms with Crippen molar-refractivity contribution in [1.29, 1.82) is 0 Å². The van der Waals surface area contributed by atoms with Gasteiger partial charge in [0.2, 0.25) is 0 Å². The third-order valence-corrected chi connectivity index (χ3v) is 3.22. The van der Waals surface area contributed by atoms with Crippen LogP contribution in [0.5, 0.6) is 0 Å². The van der Waals surface area contributed by atoms with E-state index >= 15 is 0 Å². The van der Waals surface area contributed by atoms with E-state index in [9.17, 15) is 4.79 Å². The van der Waals surface area contributed by atoms with Crippen molar-refractivity contribution in [2.45, 2.75) is 6.42 Å². The second-order valence-electron chi connectivity index (χ2n) is 4.68. The zero-order chi connectivity index (χ0) is 15.1. The fourth-order valence-corrected chi connectivity index (χ4v) is 2.01. The first-order valence-electron chi connectivity index (χ1n) is 6.79. The molecule has 2 rings (SSSR count). The topological polar surface area (TPSA) is 42.7 Å². The first kappa shape index (κ1) is 14.9. The van der Waals surface area contributed by atoms with E-state index in [4.69, 9.17) is 9.15 Å². The Balaban J connectivity index is 2.04. The molecule has 0 amide bonds. The summed E-state index contributed by atoms with van der Waals surface area (Å²) in [6.07, 6.45) is 3.89. The van der Waals surface area contributed by atoms with Crippen LogP contribution >= 0.6 is 0 Å². The van der Waals surface area contributed by atoms with E-state index < -0.39 is 0 Å². The van der Waals surface area contributed by atoms with Gasteiger partial charge in [-0.15, -0.1) is 0 Å². The third-order valence-electron chi connectivity index (χ3n) is 3.22. The van der Waals surface area contributed by atoms with Gasteiger partial charge in [-0.3, -0.25) is 0 Å². The zero-order valence-corrected chi connectivity index (χ0v) is 12.3. The highest BCUT2D eigenvalue weighted by Gasteiger charge is 2.12. The fraction of sp³-hybridized carbons (Fsp3) is 0.235. The standard InChI is InChI=1S/C17H19NO3/c1-18(15-7-4-3-5-8-15)11-10-14(17(19)20-2)13-16-9-6-12-21-16/h3-9,12-13H,10-11H2,1-2H3. The van der Waals surface area contributed by atoms with E-state index in [1.54, 1.807) is 18.4 Å². The monoisotopic (exact) mass is 285 g/mol. The molecule has 1 aromatic heterocycles. The molecular formula is C17H19NO3.